The molecule has 0 unspecified atom stereocenters. The first-order valence-corrected chi connectivity index (χ1v) is 12.5. The van der Waals surface area contributed by atoms with Crippen LogP contribution in [0.5, 0.6) is 5.75 Å². The number of amides is 1. The van der Waals surface area contributed by atoms with Gasteiger partial charge in [0.25, 0.3) is 11.5 Å². The number of fused-ring (bicyclic) bond motifs is 2. The lowest BCUT2D eigenvalue weighted by molar-refractivity contribution is -0.120. The predicted octanol–water partition coefficient (Wildman–Crippen LogP) is 3.68. The predicted molar refractivity (Wildman–Crippen MR) is 142 cm³/mol. The van der Waals surface area contributed by atoms with Crippen LogP contribution < -0.4 is 15.8 Å². The van der Waals surface area contributed by atoms with Gasteiger partial charge in [0, 0.05) is 31.5 Å². The summed E-state index contributed by atoms with van der Waals surface area (Å²) in [6.07, 6.45) is 2.08. The van der Waals surface area contributed by atoms with Gasteiger partial charge in [-0.1, -0.05) is 29.3 Å². The third-order valence-corrected chi connectivity index (χ3v) is 6.02. The van der Waals surface area contributed by atoms with Crippen LogP contribution >= 0.6 is 23.2 Å². The van der Waals surface area contributed by atoms with Crippen LogP contribution in [0.3, 0.4) is 0 Å². The van der Waals surface area contributed by atoms with Crippen molar-refractivity contribution in [2.45, 2.75) is 19.9 Å². The summed E-state index contributed by atoms with van der Waals surface area (Å²) in [4.78, 5) is 48.1. The number of hydrogen-bond acceptors (Lipinski definition) is 7. The van der Waals surface area contributed by atoms with Crippen LogP contribution in [-0.2, 0) is 20.8 Å². The maximum Gasteiger partial charge on any atom is 0.341 e. The molecule has 0 fully saturated rings. The maximum absolute atomic E-state index is 13.3. The van der Waals surface area contributed by atoms with Gasteiger partial charge in [-0.05, 0) is 49.7 Å². The fraction of sp³-hybridized carbons (Fsp3) is 0.269. The molecule has 1 aromatic carbocycles. The van der Waals surface area contributed by atoms with E-state index in [0.717, 1.165) is 0 Å². The fourth-order valence-corrected chi connectivity index (χ4v) is 4.28. The summed E-state index contributed by atoms with van der Waals surface area (Å²) in [6, 6.07) is 11.1. The number of carbonyl (C=O) groups is 2. The number of nitrogens with zero attached hydrogens (tertiary/aromatic N) is 4. The number of ether oxygens (including phenoxy) is 3. The molecule has 198 valence electrons. The second kappa shape index (κ2) is 12.2. The van der Waals surface area contributed by atoms with Gasteiger partial charge in [-0.3, -0.25) is 14.0 Å². The first-order valence-electron chi connectivity index (χ1n) is 11.7. The van der Waals surface area contributed by atoms with Crippen molar-refractivity contribution in [2.24, 2.45) is 4.99 Å². The minimum Gasteiger partial charge on any atom is -0.482 e. The van der Waals surface area contributed by atoms with E-state index >= 15 is 0 Å². The van der Waals surface area contributed by atoms with Gasteiger partial charge < -0.3 is 18.8 Å². The fourth-order valence-electron chi connectivity index (χ4n) is 3.82. The summed E-state index contributed by atoms with van der Waals surface area (Å²) in [6.45, 7) is 1.91. The maximum atomic E-state index is 13.3. The van der Waals surface area contributed by atoms with Gasteiger partial charge >= 0.3 is 5.97 Å². The van der Waals surface area contributed by atoms with Crippen molar-refractivity contribution < 1.29 is 23.8 Å². The standard InChI is InChI=1S/C26H24Cl2N4O6/c1-3-37-26(35)18-14-17-23(29-21-7-4-5-10-31(21)25(17)34)32(11-6-12-36-2)24(18)30-22(33)15-38-20-9-8-16(27)13-19(20)28/h4-5,7-10,13-14H,3,6,11-12,15H2,1-2H3. The average Bonchev–Trinajstić information content (AvgIpc) is 2.89. The molecule has 0 saturated carbocycles. The average molecular weight is 559 g/mol. The summed E-state index contributed by atoms with van der Waals surface area (Å²) in [7, 11) is 1.56. The zero-order valence-corrected chi connectivity index (χ0v) is 22.2. The van der Waals surface area contributed by atoms with Crippen LogP contribution in [0.4, 0.5) is 0 Å². The SMILES string of the molecule is CCOC(=O)c1cc2c(=O)n3ccccc3nc2n(CCCOC)c1=NC(=O)COc1ccc(Cl)cc1Cl. The quantitative estimate of drug-likeness (QED) is 0.175. The van der Waals surface area contributed by atoms with Crippen molar-refractivity contribution in [1.29, 1.82) is 0 Å². The summed E-state index contributed by atoms with van der Waals surface area (Å²) in [5, 5.41) is 0.820. The zero-order chi connectivity index (χ0) is 27.2. The van der Waals surface area contributed by atoms with Crippen molar-refractivity contribution in [2.75, 3.05) is 26.9 Å². The lowest BCUT2D eigenvalue weighted by Crippen LogP contribution is -2.33. The lowest BCUT2D eigenvalue weighted by Gasteiger charge is -2.15. The first kappa shape index (κ1) is 27.3. The first-order chi connectivity index (χ1) is 18.3. The van der Waals surface area contributed by atoms with Gasteiger partial charge in [-0.15, -0.1) is 0 Å². The van der Waals surface area contributed by atoms with E-state index in [1.807, 2.05) is 0 Å². The number of carbonyl (C=O) groups excluding carboxylic acids is 2. The van der Waals surface area contributed by atoms with E-state index in [1.54, 1.807) is 49.1 Å². The smallest absolute Gasteiger partial charge is 0.341 e. The number of halogens is 2. The Morgan fingerprint density at radius 1 is 1.13 bits per heavy atom. The molecule has 0 radical (unpaired) electrons. The Morgan fingerprint density at radius 3 is 2.68 bits per heavy atom. The van der Waals surface area contributed by atoms with Gasteiger partial charge in [0.05, 0.1) is 17.0 Å². The van der Waals surface area contributed by atoms with Crippen LogP contribution in [0, 0.1) is 0 Å². The molecule has 3 heterocycles. The van der Waals surface area contributed by atoms with Crippen molar-refractivity contribution in [3.05, 3.63) is 80.1 Å². The lowest BCUT2D eigenvalue weighted by atomic mass is 10.2. The molecular formula is C26H24Cl2N4O6. The second-order valence-corrected chi connectivity index (χ2v) is 8.90. The number of pyridine rings is 2. The summed E-state index contributed by atoms with van der Waals surface area (Å²) >= 11 is 12.0. The molecule has 0 atom stereocenters. The number of hydrogen-bond donors (Lipinski definition) is 0. The van der Waals surface area contributed by atoms with Crippen LogP contribution in [0.1, 0.15) is 23.7 Å². The number of benzene rings is 1. The Balaban J connectivity index is 1.90. The van der Waals surface area contributed by atoms with E-state index in [1.165, 1.54) is 22.6 Å². The highest BCUT2D eigenvalue weighted by Gasteiger charge is 2.20. The highest BCUT2D eigenvalue weighted by atomic mass is 35.5. The molecule has 10 nitrogen and oxygen atoms in total. The van der Waals surface area contributed by atoms with Crippen LogP contribution in [0.25, 0.3) is 16.7 Å². The monoisotopic (exact) mass is 558 g/mol. The third-order valence-electron chi connectivity index (χ3n) is 5.49. The van der Waals surface area contributed by atoms with Crippen molar-refractivity contribution >= 4 is 51.8 Å². The van der Waals surface area contributed by atoms with Crippen molar-refractivity contribution in [3.8, 4) is 5.75 Å². The van der Waals surface area contributed by atoms with E-state index in [0.29, 0.717) is 23.7 Å². The minimum atomic E-state index is -0.735. The Kier molecular flexibility index (Phi) is 8.77. The Bertz CT molecular complexity index is 1650. The normalized spacial score (nSPS) is 11.7. The van der Waals surface area contributed by atoms with E-state index in [9.17, 15) is 14.4 Å². The van der Waals surface area contributed by atoms with E-state index in [2.05, 4.69) is 9.98 Å². The number of aryl methyl sites for hydroxylation is 1. The van der Waals surface area contributed by atoms with Crippen LogP contribution in [-0.4, -0.2) is 52.8 Å². The summed E-state index contributed by atoms with van der Waals surface area (Å²) in [5.41, 5.74) is 0.223. The largest absolute Gasteiger partial charge is 0.482 e. The van der Waals surface area contributed by atoms with Crippen LogP contribution in [0.2, 0.25) is 10.0 Å². The van der Waals surface area contributed by atoms with Gasteiger partial charge in [0.15, 0.2) is 12.1 Å². The molecule has 0 bridgehead atoms. The highest BCUT2D eigenvalue weighted by Crippen LogP contribution is 2.27. The molecule has 0 aliphatic rings. The molecule has 3 aromatic heterocycles. The van der Waals surface area contributed by atoms with Crippen molar-refractivity contribution in [3.63, 3.8) is 0 Å². The van der Waals surface area contributed by atoms with Gasteiger partial charge in [-0.2, -0.15) is 4.99 Å². The Hall–Kier alpha value is -3.73. The molecule has 4 rings (SSSR count). The second-order valence-electron chi connectivity index (χ2n) is 8.05. The molecule has 0 N–H and O–H groups in total. The number of methoxy groups -OCH3 is 1. The van der Waals surface area contributed by atoms with Crippen LogP contribution in [0.15, 0.2) is 58.4 Å². The van der Waals surface area contributed by atoms with E-state index < -0.39 is 18.5 Å². The van der Waals surface area contributed by atoms with Crippen molar-refractivity contribution in [1.82, 2.24) is 14.0 Å². The molecule has 4 aromatic rings. The minimum absolute atomic E-state index is 0.00460. The van der Waals surface area contributed by atoms with Gasteiger partial charge in [-0.25, -0.2) is 9.78 Å². The topological polar surface area (TPSA) is 113 Å². The third kappa shape index (κ3) is 5.88. The molecule has 1 amide bonds. The van der Waals surface area contributed by atoms with E-state index in [-0.39, 0.29) is 51.6 Å². The molecule has 12 heteroatoms. The summed E-state index contributed by atoms with van der Waals surface area (Å²) < 4.78 is 18.9. The highest BCUT2D eigenvalue weighted by molar-refractivity contribution is 6.35. The molecule has 38 heavy (non-hydrogen) atoms. The molecule has 0 spiro atoms. The van der Waals surface area contributed by atoms with Gasteiger partial charge in [0.2, 0.25) is 0 Å². The molecule has 0 aliphatic carbocycles. The van der Waals surface area contributed by atoms with E-state index in [4.69, 9.17) is 37.4 Å². The molecular weight excluding hydrogens is 535 g/mol. The van der Waals surface area contributed by atoms with Gasteiger partial charge in [0.1, 0.15) is 22.6 Å². The number of aromatic nitrogens is 3. The molecule has 0 aliphatic heterocycles. The number of esters is 1. The zero-order valence-electron chi connectivity index (χ0n) is 20.6. The number of rotatable bonds is 9. The Morgan fingerprint density at radius 2 is 1.95 bits per heavy atom. The molecule has 0 saturated heterocycles. The Labute approximate surface area is 227 Å². The summed E-state index contributed by atoms with van der Waals surface area (Å²) in [5.74, 6) is -1.18.